The number of nitrogens with one attached hydrogen (secondary N) is 1. The van der Waals surface area contributed by atoms with Gasteiger partial charge in [0, 0.05) is 32.2 Å². The molecule has 1 aromatic heterocycles. The van der Waals surface area contributed by atoms with Gasteiger partial charge < -0.3 is 5.32 Å². The van der Waals surface area contributed by atoms with Gasteiger partial charge in [0.1, 0.15) is 12.7 Å². The lowest BCUT2D eigenvalue weighted by Crippen LogP contribution is -2.48. The molecule has 6 heteroatoms. The van der Waals surface area contributed by atoms with Crippen LogP contribution in [0.3, 0.4) is 0 Å². The van der Waals surface area contributed by atoms with Crippen molar-refractivity contribution in [2.45, 2.75) is 19.5 Å². The fourth-order valence-corrected chi connectivity index (χ4v) is 2.51. The minimum absolute atomic E-state index is 0. The van der Waals surface area contributed by atoms with E-state index in [1.165, 1.54) is 5.56 Å². The van der Waals surface area contributed by atoms with E-state index in [0.717, 1.165) is 31.9 Å². The lowest BCUT2D eigenvalue weighted by molar-refractivity contribution is 0.199. The van der Waals surface area contributed by atoms with Gasteiger partial charge >= 0.3 is 0 Å². The van der Waals surface area contributed by atoms with Crippen LogP contribution in [-0.4, -0.2) is 45.3 Å². The standard InChI is InChI=1S/C14H19N5.ClH/c1-12-8-18(7-6-16-12)9-13-2-4-14(5-3-13)19-11-15-10-17-19;/h2-5,10-12,16H,6-9H2,1H3;1H/t12-;/m0./s1. The third-order valence-electron chi connectivity index (χ3n) is 3.48. The first kappa shape index (κ1) is 15.0. The molecule has 5 nitrogen and oxygen atoms in total. The van der Waals surface area contributed by atoms with Gasteiger partial charge in [-0.1, -0.05) is 12.1 Å². The lowest BCUT2D eigenvalue weighted by Gasteiger charge is -2.31. The van der Waals surface area contributed by atoms with Crippen LogP contribution in [0.4, 0.5) is 0 Å². The minimum atomic E-state index is 0. The van der Waals surface area contributed by atoms with Crippen molar-refractivity contribution in [3.8, 4) is 5.69 Å². The maximum atomic E-state index is 4.13. The van der Waals surface area contributed by atoms with Crippen molar-refractivity contribution in [2.24, 2.45) is 0 Å². The average Bonchev–Trinajstić information content (AvgIpc) is 2.94. The van der Waals surface area contributed by atoms with Crippen molar-refractivity contribution >= 4 is 12.4 Å². The van der Waals surface area contributed by atoms with Crippen molar-refractivity contribution in [3.05, 3.63) is 42.5 Å². The van der Waals surface area contributed by atoms with Crippen molar-refractivity contribution in [1.29, 1.82) is 0 Å². The Bertz CT molecular complexity index is 511. The molecule has 1 saturated heterocycles. The summed E-state index contributed by atoms with van der Waals surface area (Å²) in [7, 11) is 0. The Morgan fingerprint density at radius 2 is 2.10 bits per heavy atom. The second-order valence-electron chi connectivity index (χ2n) is 5.10. The van der Waals surface area contributed by atoms with E-state index < -0.39 is 0 Å². The molecule has 0 unspecified atom stereocenters. The van der Waals surface area contributed by atoms with Crippen molar-refractivity contribution in [1.82, 2.24) is 25.0 Å². The highest BCUT2D eigenvalue weighted by Crippen LogP contribution is 2.11. The number of hydrogen-bond donors (Lipinski definition) is 1. The largest absolute Gasteiger partial charge is 0.312 e. The highest BCUT2D eigenvalue weighted by molar-refractivity contribution is 5.85. The van der Waals surface area contributed by atoms with Gasteiger partial charge in [0.25, 0.3) is 0 Å². The molecule has 1 N–H and O–H groups in total. The van der Waals surface area contributed by atoms with Crippen LogP contribution in [0.5, 0.6) is 0 Å². The normalized spacial score (nSPS) is 19.6. The summed E-state index contributed by atoms with van der Waals surface area (Å²) in [6.45, 7) is 6.57. The fourth-order valence-electron chi connectivity index (χ4n) is 2.51. The second-order valence-corrected chi connectivity index (χ2v) is 5.10. The van der Waals surface area contributed by atoms with Gasteiger partial charge in [-0.05, 0) is 24.6 Å². The molecule has 0 spiro atoms. The lowest BCUT2D eigenvalue weighted by atomic mass is 10.1. The van der Waals surface area contributed by atoms with E-state index in [9.17, 15) is 0 Å². The molecule has 1 aromatic carbocycles. The summed E-state index contributed by atoms with van der Waals surface area (Å²) in [5.74, 6) is 0. The maximum absolute atomic E-state index is 4.13. The molecular weight excluding hydrogens is 274 g/mol. The minimum Gasteiger partial charge on any atom is -0.312 e. The number of rotatable bonds is 3. The smallest absolute Gasteiger partial charge is 0.138 e. The molecule has 0 saturated carbocycles. The molecule has 1 aliphatic heterocycles. The predicted octanol–water partition coefficient (Wildman–Crippen LogP) is 1.48. The third-order valence-corrected chi connectivity index (χ3v) is 3.48. The Balaban J connectivity index is 0.00000147. The van der Waals surface area contributed by atoms with E-state index in [1.54, 1.807) is 17.3 Å². The summed E-state index contributed by atoms with van der Waals surface area (Å²) in [5.41, 5.74) is 2.40. The Morgan fingerprint density at radius 3 is 2.75 bits per heavy atom. The zero-order chi connectivity index (χ0) is 13.1. The topological polar surface area (TPSA) is 46.0 Å². The Morgan fingerprint density at radius 1 is 1.30 bits per heavy atom. The van der Waals surface area contributed by atoms with Gasteiger partial charge in [-0.15, -0.1) is 12.4 Å². The first-order valence-electron chi connectivity index (χ1n) is 6.71. The monoisotopic (exact) mass is 293 g/mol. The summed E-state index contributed by atoms with van der Waals surface area (Å²) in [6.07, 6.45) is 3.27. The third kappa shape index (κ3) is 3.56. The highest BCUT2D eigenvalue weighted by Gasteiger charge is 2.15. The van der Waals surface area contributed by atoms with Gasteiger partial charge in [-0.2, -0.15) is 5.10 Å². The molecule has 1 atom stereocenters. The number of benzene rings is 1. The van der Waals surface area contributed by atoms with E-state index in [-0.39, 0.29) is 12.4 Å². The van der Waals surface area contributed by atoms with E-state index in [2.05, 4.69) is 51.5 Å². The van der Waals surface area contributed by atoms with Gasteiger partial charge in [0.05, 0.1) is 5.69 Å². The van der Waals surface area contributed by atoms with Crippen LogP contribution >= 0.6 is 12.4 Å². The molecule has 0 aliphatic carbocycles. The van der Waals surface area contributed by atoms with Crippen LogP contribution in [0.1, 0.15) is 12.5 Å². The molecule has 2 heterocycles. The molecule has 0 bridgehead atoms. The SMILES string of the molecule is C[C@H]1CN(Cc2ccc(-n3cncn3)cc2)CCN1.Cl. The van der Waals surface area contributed by atoms with Gasteiger partial charge in [-0.3, -0.25) is 4.90 Å². The second kappa shape index (κ2) is 6.83. The number of aromatic nitrogens is 3. The van der Waals surface area contributed by atoms with Crippen molar-refractivity contribution in [3.63, 3.8) is 0 Å². The summed E-state index contributed by atoms with van der Waals surface area (Å²) in [5, 5.41) is 7.59. The summed E-state index contributed by atoms with van der Waals surface area (Å²) in [6, 6.07) is 9.11. The Hall–Kier alpha value is -1.43. The van der Waals surface area contributed by atoms with Crippen LogP contribution in [-0.2, 0) is 6.54 Å². The van der Waals surface area contributed by atoms with E-state index in [4.69, 9.17) is 0 Å². The van der Waals surface area contributed by atoms with E-state index in [1.807, 2.05) is 0 Å². The van der Waals surface area contributed by atoms with Gasteiger partial charge in [0.2, 0.25) is 0 Å². The zero-order valence-electron chi connectivity index (χ0n) is 11.6. The Kier molecular flexibility index (Phi) is 5.11. The molecule has 3 rings (SSSR count). The van der Waals surface area contributed by atoms with Crippen molar-refractivity contribution in [2.75, 3.05) is 19.6 Å². The van der Waals surface area contributed by atoms with Crippen LogP contribution in [0.25, 0.3) is 5.69 Å². The summed E-state index contributed by atoms with van der Waals surface area (Å²) in [4.78, 5) is 6.45. The van der Waals surface area contributed by atoms with E-state index in [0.29, 0.717) is 6.04 Å². The van der Waals surface area contributed by atoms with Crippen LogP contribution in [0, 0.1) is 0 Å². The van der Waals surface area contributed by atoms with Crippen LogP contribution in [0.2, 0.25) is 0 Å². The number of hydrogen-bond acceptors (Lipinski definition) is 4. The summed E-state index contributed by atoms with van der Waals surface area (Å²) >= 11 is 0. The molecule has 108 valence electrons. The first-order valence-corrected chi connectivity index (χ1v) is 6.71. The molecule has 0 amide bonds. The molecule has 1 fully saturated rings. The van der Waals surface area contributed by atoms with Gasteiger partial charge in [-0.25, -0.2) is 9.67 Å². The maximum Gasteiger partial charge on any atom is 0.138 e. The first-order chi connectivity index (χ1) is 9.31. The fraction of sp³-hybridized carbons (Fsp3) is 0.429. The molecular formula is C14H20ClN5. The average molecular weight is 294 g/mol. The molecule has 20 heavy (non-hydrogen) atoms. The van der Waals surface area contributed by atoms with Crippen molar-refractivity contribution < 1.29 is 0 Å². The number of halogens is 1. The van der Waals surface area contributed by atoms with E-state index >= 15 is 0 Å². The number of nitrogens with zero attached hydrogens (tertiary/aromatic N) is 4. The molecule has 0 radical (unpaired) electrons. The quantitative estimate of drug-likeness (QED) is 0.931. The predicted molar refractivity (Wildman–Crippen MR) is 81.3 cm³/mol. The van der Waals surface area contributed by atoms with Crippen LogP contribution < -0.4 is 5.32 Å². The Labute approximate surface area is 125 Å². The number of piperazine rings is 1. The van der Waals surface area contributed by atoms with Crippen LogP contribution in [0.15, 0.2) is 36.9 Å². The highest BCUT2D eigenvalue weighted by atomic mass is 35.5. The molecule has 1 aliphatic rings. The molecule has 2 aromatic rings. The zero-order valence-corrected chi connectivity index (χ0v) is 12.4. The van der Waals surface area contributed by atoms with Gasteiger partial charge in [0.15, 0.2) is 0 Å². The summed E-state index contributed by atoms with van der Waals surface area (Å²) < 4.78 is 1.77.